The van der Waals surface area contributed by atoms with Crippen molar-refractivity contribution in [3.63, 3.8) is 0 Å². The van der Waals surface area contributed by atoms with E-state index in [4.69, 9.17) is 17.3 Å². The molecule has 114 valence electrons. The number of halogens is 1. The average molecular weight is 312 g/mol. The molecule has 21 heavy (non-hydrogen) atoms. The molecule has 0 spiro atoms. The standard InChI is InChI=1S/C14H18ClN3O3/c1-14(2)8-17(4-3-12(14)16)13(19)9-5-10(15)7-11(6-9)18(20)21/h5-7,12H,3-4,8,16H2,1-2H3. The highest BCUT2D eigenvalue weighted by Crippen LogP contribution is 2.29. The van der Waals surface area contributed by atoms with Crippen LogP contribution in [-0.4, -0.2) is 34.9 Å². The van der Waals surface area contributed by atoms with Crippen LogP contribution >= 0.6 is 11.6 Å². The van der Waals surface area contributed by atoms with Gasteiger partial charge in [-0.15, -0.1) is 0 Å². The summed E-state index contributed by atoms with van der Waals surface area (Å²) in [7, 11) is 0. The van der Waals surface area contributed by atoms with Crippen LogP contribution in [-0.2, 0) is 0 Å². The fourth-order valence-corrected chi connectivity index (χ4v) is 2.76. The molecule has 2 rings (SSSR count). The summed E-state index contributed by atoms with van der Waals surface area (Å²) in [6, 6.07) is 3.98. The average Bonchev–Trinajstić information content (AvgIpc) is 2.40. The first-order valence-electron chi connectivity index (χ1n) is 6.70. The number of rotatable bonds is 2. The Hall–Kier alpha value is -1.66. The van der Waals surface area contributed by atoms with Crippen LogP contribution in [0.5, 0.6) is 0 Å². The van der Waals surface area contributed by atoms with Crippen LogP contribution in [0.3, 0.4) is 0 Å². The van der Waals surface area contributed by atoms with Crippen molar-refractivity contribution in [1.29, 1.82) is 0 Å². The summed E-state index contributed by atoms with van der Waals surface area (Å²) in [5.74, 6) is -0.249. The zero-order chi connectivity index (χ0) is 15.8. The van der Waals surface area contributed by atoms with Gasteiger partial charge in [-0.1, -0.05) is 25.4 Å². The van der Waals surface area contributed by atoms with Gasteiger partial charge >= 0.3 is 0 Å². The maximum atomic E-state index is 12.5. The van der Waals surface area contributed by atoms with Crippen molar-refractivity contribution < 1.29 is 9.72 Å². The van der Waals surface area contributed by atoms with E-state index in [2.05, 4.69) is 0 Å². The van der Waals surface area contributed by atoms with E-state index in [-0.39, 0.29) is 33.6 Å². The molecule has 1 atom stereocenters. The topological polar surface area (TPSA) is 89.5 Å². The first-order valence-corrected chi connectivity index (χ1v) is 7.08. The molecule has 0 radical (unpaired) electrons. The lowest BCUT2D eigenvalue weighted by Gasteiger charge is -2.42. The molecular weight excluding hydrogens is 294 g/mol. The van der Waals surface area contributed by atoms with E-state index < -0.39 is 4.92 Å². The Morgan fingerprint density at radius 1 is 1.48 bits per heavy atom. The van der Waals surface area contributed by atoms with Gasteiger partial charge in [0.25, 0.3) is 11.6 Å². The van der Waals surface area contributed by atoms with Crippen LogP contribution in [0.2, 0.25) is 5.02 Å². The number of likely N-dealkylation sites (tertiary alicyclic amines) is 1. The smallest absolute Gasteiger partial charge is 0.271 e. The van der Waals surface area contributed by atoms with Crippen molar-refractivity contribution in [2.24, 2.45) is 11.1 Å². The number of amides is 1. The van der Waals surface area contributed by atoms with Crippen molar-refractivity contribution in [3.05, 3.63) is 38.9 Å². The van der Waals surface area contributed by atoms with E-state index in [1.165, 1.54) is 18.2 Å². The number of carbonyl (C=O) groups excluding carboxylic acids is 1. The zero-order valence-electron chi connectivity index (χ0n) is 12.0. The van der Waals surface area contributed by atoms with Crippen molar-refractivity contribution in [1.82, 2.24) is 4.90 Å². The molecule has 2 N–H and O–H groups in total. The lowest BCUT2D eigenvalue weighted by atomic mass is 9.79. The van der Waals surface area contributed by atoms with Crippen molar-refractivity contribution in [3.8, 4) is 0 Å². The Labute approximate surface area is 128 Å². The van der Waals surface area contributed by atoms with Gasteiger partial charge in [0.2, 0.25) is 0 Å². The molecule has 0 saturated carbocycles. The molecule has 7 heteroatoms. The lowest BCUT2D eigenvalue weighted by molar-refractivity contribution is -0.384. The van der Waals surface area contributed by atoms with Gasteiger partial charge in [-0.3, -0.25) is 14.9 Å². The Balaban J connectivity index is 2.26. The van der Waals surface area contributed by atoms with E-state index in [0.717, 1.165) is 0 Å². The largest absolute Gasteiger partial charge is 0.338 e. The molecule has 1 saturated heterocycles. The normalized spacial score (nSPS) is 21.1. The molecule has 0 aromatic heterocycles. The van der Waals surface area contributed by atoms with Crippen LogP contribution < -0.4 is 5.73 Å². The number of nitro groups is 1. The van der Waals surface area contributed by atoms with Gasteiger partial charge in [-0.05, 0) is 17.9 Å². The molecule has 1 aromatic carbocycles. The number of hydrogen-bond acceptors (Lipinski definition) is 4. The third kappa shape index (κ3) is 3.33. The quantitative estimate of drug-likeness (QED) is 0.671. The van der Waals surface area contributed by atoms with Crippen LogP contribution in [0, 0.1) is 15.5 Å². The first kappa shape index (κ1) is 15.7. The second-order valence-electron chi connectivity index (χ2n) is 6.07. The van der Waals surface area contributed by atoms with E-state index in [9.17, 15) is 14.9 Å². The number of nitrogens with two attached hydrogens (primary N) is 1. The van der Waals surface area contributed by atoms with Gasteiger partial charge in [-0.25, -0.2) is 0 Å². The summed E-state index contributed by atoms with van der Waals surface area (Å²) < 4.78 is 0. The van der Waals surface area contributed by atoms with Gasteiger partial charge in [0.05, 0.1) is 4.92 Å². The predicted molar refractivity (Wildman–Crippen MR) is 80.4 cm³/mol. The number of benzene rings is 1. The molecule has 1 aliphatic rings. The molecule has 0 bridgehead atoms. The second kappa shape index (κ2) is 5.61. The van der Waals surface area contributed by atoms with E-state index >= 15 is 0 Å². The maximum Gasteiger partial charge on any atom is 0.271 e. The molecule has 1 heterocycles. The minimum Gasteiger partial charge on any atom is -0.338 e. The Morgan fingerprint density at radius 2 is 2.14 bits per heavy atom. The maximum absolute atomic E-state index is 12.5. The Bertz CT molecular complexity index is 589. The summed E-state index contributed by atoms with van der Waals surface area (Å²) in [5, 5.41) is 11.0. The lowest BCUT2D eigenvalue weighted by Crippen LogP contribution is -2.54. The molecule has 1 unspecified atom stereocenters. The number of carbonyl (C=O) groups is 1. The first-order chi connectivity index (χ1) is 9.70. The van der Waals surface area contributed by atoms with E-state index in [1.54, 1.807) is 4.90 Å². The van der Waals surface area contributed by atoms with Gasteiger partial charge < -0.3 is 10.6 Å². The van der Waals surface area contributed by atoms with Gasteiger partial charge in [0.1, 0.15) is 0 Å². The van der Waals surface area contributed by atoms with Gasteiger partial charge in [0, 0.05) is 41.9 Å². The van der Waals surface area contributed by atoms with Crippen LogP contribution in [0.15, 0.2) is 18.2 Å². The van der Waals surface area contributed by atoms with E-state index in [1.807, 2.05) is 13.8 Å². The van der Waals surface area contributed by atoms with Crippen molar-refractivity contribution in [2.75, 3.05) is 13.1 Å². The minimum absolute atomic E-state index is 0.0373. The molecule has 6 nitrogen and oxygen atoms in total. The van der Waals surface area contributed by atoms with Crippen LogP contribution in [0.25, 0.3) is 0 Å². The zero-order valence-corrected chi connectivity index (χ0v) is 12.8. The Kier molecular flexibility index (Phi) is 4.20. The predicted octanol–water partition coefficient (Wildman–Crippen LogP) is 2.45. The highest BCUT2D eigenvalue weighted by atomic mass is 35.5. The highest BCUT2D eigenvalue weighted by Gasteiger charge is 2.35. The third-order valence-electron chi connectivity index (χ3n) is 3.94. The van der Waals surface area contributed by atoms with Crippen molar-refractivity contribution in [2.45, 2.75) is 26.3 Å². The molecular formula is C14H18ClN3O3. The number of nitrogens with zero attached hydrogens (tertiary/aromatic N) is 2. The second-order valence-corrected chi connectivity index (χ2v) is 6.50. The minimum atomic E-state index is -0.557. The van der Waals surface area contributed by atoms with Gasteiger partial charge in [-0.2, -0.15) is 0 Å². The molecule has 1 aliphatic heterocycles. The summed E-state index contributed by atoms with van der Waals surface area (Å²) >= 11 is 5.86. The number of nitro benzene ring substituents is 1. The van der Waals surface area contributed by atoms with E-state index in [0.29, 0.717) is 19.5 Å². The summed E-state index contributed by atoms with van der Waals surface area (Å²) in [4.78, 5) is 24.5. The SMILES string of the molecule is CC1(C)CN(C(=O)c2cc(Cl)cc([N+](=O)[O-])c2)CCC1N. The fourth-order valence-electron chi connectivity index (χ4n) is 2.53. The number of hydrogen-bond donors (Lipinski definition) is 1. The molecule has 1 aromatic rings. The third-order valence-corrected chi connectivity index (χ3v) is 4.16. The van der Waals surface area contributed by atoms with Crippen LogP contribution in [0.4, 0.5) is 5.69 Å². The van der Waals surface area contributed by atoms with Crippen LogP contribution in [0.1, 0.15) is 30.6 Å². The fraction of sp³-hybridized carbons (Fsp3) is 0.500. The van der Waals surface area contributed by atoms with Crippen molar-refractivity contribution >= 4 is 23.2 Å². The summed E-state index contributed by atoms with van der Waals surface area (Å²) in [6.07, 6.45) is 0.710. The molecule has 0 aliphatic carbocycles. The summed E-state index contributed by atoms with van der Waals surface area (Å²) in [5.41, 5.74) is 5.93. The van der Waals surface area contributed by atoms with Gasteiger partial charge in [0.15, 0.2) is 0 Å². The molecule has 1 amide bonds. The number of non-ortho nitro benzene ring substituents is 1. The molecule has 1 fully saturated rings. The summed E-state index contributed by atoms with van der Waals surface area (Å²) in [6.45, 7) is 5.09. The number of piperidine rings is 1. The Morgan fingerprint density at radius 3 is 2.71 bits per heavy atom. The monoisotopic (exact) mass is 311 g/mol. The highest BCUT2D eigenvalue weighted by molar-refractivity contribution is 6.31.